The van der Waals surface area contributed by atoms with Gasteiger partial charge < -0.3 is 15.4 Å². The molecule has 0 aliphatic heterocycles. The molecule has 0 saturated heterocycles. The number of hydrogen-bond donors (Lipinski definition) is 2. The topological polar surface area (TPSA) is 67.4 Å². The number of hydrogen-bond acceptors (Lipinski definition) is 3. The molecule has 0 heterocycles. The maximum atomic E-state index is 12.8. The molecule has 2 amide bonds. The Morgan fingerprint density at radius 3 is 2.28 bits per heavy atom. The highest BCUT2D eigenvalue weighted by molar-refractivity contribution is 6.05. The smallest absolute Gasteiger partial charge is 0.255 e. The third kappa shape index (κ3) is 5.97. The average molecular weight is 429 g/mol. The highest BCUT2D eigenvalue weighted by atomic mass is 16.5. The molecule has 164 valence electrons. The lowest BCUT2D eigenvalue weighted by atomic mass is 9.95. The molecule has 4 rings (SSSR count). The molecule has 1 aliphatic rings. The van der Waals surface area contributed by atoms with Crippen LogP contribution in [0.1, 0.15) is 58.4 Å². The van der Waals surface area contributed by atoms with Gasteiger partial charge in [-0.3, -0.25) is 9.59 Å². The predicted octanol–water partition coefficient (Wildman–Crippen LogP) is 5.58. The van der Waals surface area contributed by atoms with Gasteiger partial charge in [-0.25, -0.2) is 0 Å². The van der Waals surface area contributed by atoms with Gasteiger partial charge in [0.05, 0.1) is 0 Å². The van der Waals surface area contributed by atoms with Crippen molar-refractivity contribution in [3.8, 4) is 5.75 Å². The van der Waals surface area contributed by atoms with Crippen LogP contribution < -0.4 is 15.4 Å². The molecular formula is C27H28N2O3. The fourth-order valence-electron chi connectivity index (χ4n) is 3.93. The summed E-state index contributed by atoms with van der Waals surface area (Å²) >= 11 is 0. The average Bonchev–Trinajstić information content (AvgIpc) is 2.84. The fourth-order valence-corrected chi connectivity index (χ4v) is 3.93. The third-order valence-electron chi connectivity index (χ3n) is 5.67. The molecule has 3 aromatic carbocycles. The molecule has 0 aromatic heterocycles. The molecule has 1 aliphatic carbocycles. The monoisotopic (exact) mass is 428 g/mol. The first-order valence-corrected chi connectivity index (χ1v) is 11.2. The van der Waals surface area contributed by atoms with Crippen molar-refractivity contribution in [1.29, 1.82) is 0 Å². The first kappa shape index (κ1) is 21.6. The molecule has 1 fully saturated rings. The second-order valence-corrected chi connectivity index (χ2v) is 8.15. The van der Waals surface area contributed by atoms with Gasteiger partial charge in [0.1, 0.15) is 12.4 Å². The van der Waals surface area contributed by atoms with E-state index in [9.17, 15) is 9.59 Å². The minimum absolute atomic E-state index is 0.0932. The lowest BCUT2D eigenvalue weighted by Crippen LogP contribution is -2.36. The lowest BCUT2D eigenvalue weighted by molar-refractivity contribution is 0.0926. The Kier molecular flexibility index (Phi) is 7.18. The summed E-state index contributed by atoms with van der Waals surface area (Å²) in [5.74, 6) is 0.284. The van der Waals surface area contributed by atoms with Crippen LogP contribution in [0.5, 0.6) is 5.75 Å². The summed E-state index contributed by atoms with van der Waals surface area (Å²) in [6.45, 7) is 0.435. The summed E-state index contributed by atoms with van der Waals surface area (Å²) in [6.07, 6.45) is 5.63. The highest BCUT2D eigenvalue weighted by Crippen LogP contribution is 2.20. The van der Waals surface area contributed by atoms with Gasteiger partial charge in [0.25, 0.3) is 11.8 Å². The van der Waals surface area contributed by atoms with E-state index in [4.69, 9.17) is 4.74 Å². The van der Waals surface area contributed by atoms with Crippen molar-refractivity contribution >= 4 is 17.5 Å². The van der Waals surface area contributed by atoms with E-state index in [0.717, 1.165) is 31.2 Å². The van der Waals surface area contributed by atoms with Crippen LogP contribution in [0.15, 0.2) is 78.9 Å². The Labute approximate surface area is 188 Å². The van der Waals surface area contributed by atoms with E-state index in [1.807, 2.05) is 36.4 Å². The number of nitrogens with one attached hydrogen (secondary N) is 2. The molecule has 32 heavy (non-hydrogen) atoms. The van der Waals surface area contributed by atoms with Crippen molar-refractivity contribution in [3.63, 3.8) is 0 Å². The van der Waals surface area contributed by atoms with Crippen LogP contribution in [-0.2, 0) is 6.61 Å². The summed E-state index contributed by atoms with van der Waals surface area (Å²) < 4.78 is 5.82. The first-order valence-electron chi connectivity index (χ1n) is 11.2. The number of amides is 2. The number of benzene rings is 3. The lowest BCUT2D eigenvalue weighted by Gasteiger charge is -2.22. The van der Waals surface area contributed by atoms with E-state index in [0.29, 0.717) is 29.2 Å². The van der Waals surface area contributed by atoms with Crippen molar-refractivity contribution in [2.24, 2.45) is 0 Å². The van der Waals surface area contributed by atoms with Gasteiger partial charge in [-0.1, -0.05) is 61.7 Å². The Bertz CT molecular complexity index is 1060. The quantitative estimate of drug-likeness (QED) is 0.516. The fraction of sp³-hybridized carbons (Fsp3) is 0.259. The molecule has 5 nitrogen and oxygen atoms in total. The largest absolute Gasteiger partial charge is 0.489 e. The summed E-state index contributed by atoms with van der Waals surface area (Å²) in [7, 11) is 0. The maximum Gasteiger partial charge on any atom is 0.255 e. The molecular weight excluding hydrogens is 400 g/mol. The van der Waals surface area contributed by atoms with Gasteiger partial charge >= 0.3 is 0 Å². The van der Waals surface area contributed by atoms with Gasteiger partial charge in [-0.15, -0.1) is 0 Å². The number of ether oxygens (including phenoxy) is 1. The van der Waals surface area contributed by atoms with Gasteiger partial charge in [0.15, 0.2) is 0 Å². The van der Waals surface area contributed by atoms with Crippen molar-refractivity contribution < 1.29 is 14.3 Å². The Balaban J connectivity index is 1.37. The maximum absolute atomic E-state index is 12.8. The van der Waals surface area contributed by atoms with E-state index < -0.39 is 0 Å². The third-order valence-corrected chi connectivity index (χ3v) is 5.67. The minimum atomic E-state index is -0.250. The van der Waals surface area contributed by atoms with Crippen molar-refractivity contribution in [1.82, 2.24) is 5.32 Å². The summed E-state index contributed by atoms with van der Waals surface area (Å²) in [5.41, 5.74) is 2.69. The second kappa shape index (κ2) is 10.6. The Morgan fingerprint density at radius 2 is 1.50 bits per heavy atom. The second-order valence-electron chi connectivity index (χ2n) is 8.15. The predicted molar refractivity (Wildman–Crippen MR) is 126 cm³/mol. The van der Waals surface area contributed by atoms with E-state index in [-0.39, 0.29) is 17.9 Å². The van der Waals surface area contributed by atoms with E-state index >= 15 is 0 Å². The van der Waals surface area contributed by atoms with Crippen LogP contribution in [0.25, 0.3) is 0 Å². The normalized spacial score (nSPS) is 13.9. The molecule has 5 heteroatoms. The van der Waals surface area contributed by atoms with E-state index in [1.165, 1.54) is 6.42 Å². The van der Waals surface area contributed by atoms with Crippen LogP contribution >= 0.6 is 0 Å². The highest BCUT2D eigenvalue weighted by Gasteiger charge is 2.17. The standard InChI is InChI=1S/C27H28N2O3/c30-26(28-23-13-5-2-6-14-23)21-11-7-15-24(17-21)29-27(31)22-12-8-16-25(18-22)32-19-20-9-3-1-4-10-20/h1,3-4,7-12,15-18,23H,2,5-6,13-14,19H2,(H,28,30)(H,29,31). The first-order chi connectivity index (χ1) is 15.7. The molecule has 0 atom stereocenters. The molecule has 0 radical (unpaired) electrons. The van der Waals surface area contributed by atoms with Crippen LogP contribution in [0.3, 0.4) is 0 Å². The number of carbonyl (C=O) groups is 2. The zero-order valence-electron chi connectivity index (χ0n) is 18.1. The summed E-state index contributed by atoms with van der Waals surface area (Å²) in [6, 6.07) is 24.3. The zero-order chi connectivity index (χ0) is 22.2. The van der Waals surface area contributed by atoms with Crippen LogP contribution in [0.2, 0.25) is 0 Å². The number of rotatable bonds is 7. The van der Waals surface area contributed by atoms with Crippen molar-refractivity contribution in [2.45, 2.75) is 44.8 Å². The van der Waals surface area contributed by atoms with Crippen LogP contribution in [-0.4, -0.2) is 17.9 Å². The molecule has 0 unspecified atom stereocenters. The van der Waals surface area contributed by atoms with Gasteiger partial charge in [-0.05, 0) is 54.8 Å². The number of carbonyl (C=O) groups excluding carboxylic acids is 2. The minimum Gasteiger partial charge on any atom is -0.489 e. The molecule has 0 spiro atoms. The zero-order valence-corrected chi connectivity index (χ0v) is 18.1. The SMILES string of the molecule is O=C(Nc1cccc(C(=O)NC2CCCCC2)c1)c1cccc(OCc2ccccc2)c1. The van der Waals surface area contributed by atoms with Crippen LogP contribution in [0, 0.1) is 0 Å². The molecule has 0 bridgehead atoms. The Morgan fingerprint density at radius 1 is 0.781 bits per heavy atom. The molecule has 3 aromatic rings. The van der Waals surface area contributed by atoms with Gasteiger partial charge in [-0.2, -0.15) is 0 Å². The summed E-state index contributed by atoms with van der Waals surface area (Å²) in [5, 5.41) is 6.00. The van der Waals surface area contributed by atoms with Crippen LogP contribution in [0.4, 0.5) is 5.69 Å². The Hall–Kier alpha value is -3.60. The van der Waals surface area contributed by atoms with E-state index in [1.54, 1.807) is 42.5 Å². The molecule has 2 N–H and O–H groups in total. The number of anilines is 1. The van der Waals surface area contributed by atoms with Gasteiger partial charge in [0, 0.05) is 22.9 Å². The van der Waals surface area contributed by atoms with Crippen molar-refractivity contribution in [2.75, 3.05) is 5.32 Å². The van der Waals surface area contributed by atoms with Crippen molar-refractivity contribution in [3.05, 3.63) is 95.6 Å². The van der Waals surface area contributed by atoms with E-state index in [2.05, 4.69) is 10.6 Å². The van der Waals surface area contributed by atoms with Gasteiger partial charge in [0.2, 0.25) is 0 Å². The molecule has 1 saturated carbocycles. The summed E-state index contributed by atoms with van der Waals surface area (Å²) in [4.78, 5) is 25.4.